The molecule has 11 heteroatoms. The van der Waals surface area contributed by atoms with Crippen LogP contribution in [0.2, 0.25) is 0 Å². The third-order valence-corrected chi connectivity index (χ3v) is 6.27. The SMILES string of the molecule is Cc1ccnc(Nc2ccc(N3CCN(S(=O)(=O)c4cnoc4)CC3)nn2)c1. The van der Waals surface area contributed by atoms with Gasteiger partial charge in [0.15, 0.2) is 11.6 Å². The number of nitrogens with zero attached hydrogens (tertiary/aromatic N) is 6. The first-order valence-electron chi connectivity index (χ1n) is 8.70. The first kappa shape index (κ1) is 18.3. The van der Waals surface area contributed by atoms with E-state index in [0.29, 0.717) is 43.6 Å². The van der Waals surface area contributed by atoms with Gasteiger partial charge in [-0.05, 0) is 36.8 Å². The van der Waals surface area contributed by atoms with Crippen LogP contribution in [-0.2, 0) is 10.0 Å². The molecule has 1 N–H and O–H groups in total. The molecule has 1 fully saturated rings. The lowest BCUT2D eigenvalue weighted by Crippen LogP contribution is -2.48. The number of anilines is 3. The highest BCUT2D eigenvalue weighted by atomic mass is 32.2. The van der Waals surface area contributed by atoms with E-state index in [1.54, 1.807) is 6.20 Å². The van der Waals surface area contributed by atoms with Crippen molar-refractivity contribution in [1.82, 2.24) is 24.6 Å². The third kappa shape index (κ3) is 3.80. The van der Waals surface area contributed by atoms with Gasteiger partial charge in [0.1, 0.15) is 17.0 Å². The normalized spacial score (nSPS) is 15.5. The highest BCUT2D eigenvalue weighted by molar-refractivity contribution is 7.89. The van der Waals surface area contributed by atoms with E-state index >= 15 is 0 Å². The van der Waals surface area contributed by atoms with E-state index in [9.17, 15) is 8.42 Å². The average molecular weight is 401 g/mol. The molecule has 1 aliphatic heterocycles. The summed E-state index contributed by atoms with van der Waals surface area (Å²) in [4.78, 5) is 6.31. The predicted molar refractivity (Wildman–Crippen MR) is 102 cm³/mol. The second kappa shape index (κ2) is 7.52. The number of rotatable bonds is 5. The summed E-state index contributed by atoms with van der Waals surface area (Å²) in [5.74, 6) is 2.00. The zero-order valence-corrected chi connectivity index (χ0v) is 16.0. The zero-order valence-electron chi connectivity index (χ0n) is 15.2. The molecule has 146 valence electrons. The topological polar surface area (TPSA) is 117 Å². The fourth-order valence-electron chi connectivity index (χ4n) is 2.93. The van der Waals surface area contributed by atoms with Gasteiger partial charge in [0.05, 0.1) is 6.20 Å². The van der Waals surface area contributed by atoms with Crippen LogP contribution in [0.5, 0.6) is 0 Å². The molecular weight excluding hydrogens is 382 g/mol. The lowest BCUT2D eigenvalue weighted by molar-refractivity contribution is 0.382. The Balaban J connectivity index is 1.38. The summed E-state index contributed by atoms with van der Waals surface area (Å²) in [5, 5.41) is 15.0. The summed E-state index contributed by atoms with van der Waals surface area (Å²) >= 11 is 0. The van der Waals surface area contributed by atoms with Gasteiger partial charge >= 0.3 is 0 Å². The molecule has 0 aromatic carbocycles. The highest BCUT2D eigenvalue weighted by Gasteiger charge is 2.30. The van der Waals surface area contributed by atoms with Gasteiger partial charge in [0, 0.05) is 32.4 Å². The quantitative estimate of drug-likeness (QED) is 0.677. The standard InChI is InChI=1S/C17H19N7O3S/c1-13-4-5-18-16(10-13)20-15-2-3-17(22-21-15)23-6-8-24(9-7-23)28(25,26)14-11-19-27-12-14/h2-5,10-12H,6-9H2,1H3,(H,18,20,21). The van der Waals surface area contributed by atoms with E-state index in [4.69, 9.17) is 0 Å². The summed E-state index contributed by atoms with van der Waals surface area (Å²) in [6, 6.07) is 7.52. The summed E-state index contributed by atoms with van der Waals surface area (Å²) in [6.07, 6.45) is 4.08. The number of hydrogen-bond acceptors (Lipinski definition) is 9. The van der Waals surface area contributed by atoms with E-state index in [-0.39, 0.29) is 4.90 Å². The first-order valence-corrected chi connectivity index (χ1v) is 10.1. The van der Waals surface area contributed by atoms with Crippen molar-refractivity contribution in [2.75, 3.05) is 36.4 Å². The lowest BCUT2D eigenvalue weighted by atomic mass is 10.3. The van der Waals surface area contributed by atoms with Crippen molar-refractivity contribution in [3.05, 3.63) is 48.5 Å². The van der Waals surface area contributed by atoms with Gasteiger partial charge in [-0.25, -0.2) is 13.4 Å². The minimum Gasteiger partial charge on any atom is -0.363 e. The highest BCUT2D eigenvalue weighted by Crippen LogP contribution is 2.20. The van der Waals surface area contributed by atoms with Crippen LogP contribution >= 0.6 is 0 Å². The van der Waals surface area contributed by atoms with Gasteiger partial charge in [0.25, 0.3) is 0 Å². The van der Waals surface area contributed by atoms with Crippen molar-refractivity contribution in [2.24, 2.45) is 0 Å². The Bertz CT molecular complexity index is 1030. The largest absolute Gasteiger partial charge is 0.363 e. The Morgan fingerprint density at radius 1 is 1.07 bits per heavy atom. The number of aryl methyl sites for hydroxylation is 1. The number of pyridine rings is 1. The van der Waals surface area contributed by atoms with Gasteiger partial charge in [-0.3, -0.25) is 0 Å². The minimum absolute atomic E-state index is 0.0703. The summed E-state index contributed by atoms with van der Waals surface area (Å²) < 4.78 is 31.1. The van der Waals surface area contributed by atoms with Crippen molar-refractivity contribution >= 4 is 27.5 Å². The Kier molecular flexibility index (Phi) is 4.92. The monoisotopic (exact) mass is 401 g/mol. The van der Waals surface area contributed by atoms with Gasteiger partial charge in [-0.1, -0.05) is 5.16 Å². The predicted octanol–water partition coefficient (Wildman–Crippen LogP) is 1.42. The van der Waals surface area contributed by atoms with Crippen molar-refractivity contribution in [2.45, 2.75) is 11.8 Å². The molecule has 0 bridgehead atoms. The molecule has 0 spiro atoms. The molecule has 10 nitrogen and oxygen atoms in total. The molecule has 4 heterocycles. The van der Waals surface area contributed by atoms with Crippen LogP contribution in [0.25, 0.3) is 0 Å². The number of piperazine rings is 1. The van der Waals surface area contributed by atoms with Gasteiger partial charge < -0.3 is 14.7 Å². The van der Waals surface area contributed by atoms with Crippen LogP contribution in [0, 0.1) is 6.92 Å². The van der Waals surface area contributed by atoms with Crippen LogP contribution in [0.3, 0.4) is 0 Å². The van der Waals surface area contributed by atoms with E-state index in [0.717, 1.165) is 11.8 Å². The van der Waals surface area contributed by atoms with Crippen molar-refractivity contribution in [3.63, 3.8) is 0 Å². The average Bonchev–Trinajstić information content (AvgIpc) is 3.25. The van der Waals surface area contributed by atoms with Crippen LogP contribution in [-0.4, -0.2) is 59.2 Å². The maximum atomic E-state index is 12.5. The Morgan fingerprint density at radius 2 is 1.89 bits per heavy atom. The molecule has 3 aromatic heterocycles. The molecule has 4 rings (SSSR count). The van der Waals surface area contributed by atoms with Gasteiger partial charge in [0.2, 0.25) is 10.0 Å². The molecule has 28 heavy (non-hydrogen) atoms. The molecule has 0 amide bonds. The maximum Gasteiger partial charge on any atom is 0.248 e. The lowest BCUT2D eigenvalue weighted by Gasteiger charge is -2.34. The number of nitrogens with one attached hydrogen (secondary N) is 1. The molecular formula is C17H19N7O3S. The van der Waals surface area contributed by atoms with Crippen LogP contribution in [0.15, 0.2) is 52.3 Å². The molecule has 0 radical (unpaired) electrons. The molecule has 0 atom stereocenters. The molecule has 1 saturated heterocycles. The maximum absolute atomic E-state index is 12.5. The van der Waals surface area contributed by atoms with Crippen molar-refractivity contribution in [3.8, 4) is 0 Å². The Hall–Kier alpha value is -3.05. The first-order chi connectivity index (χ1) is 13.5. The fourth-order valence-corrected chi connectivity index (χ4v) is 4.21. The molecule has 1 aliphatic rings. The fraction of sp³-hybridized carbons (Fsp3) is 0.294. The van der Waals surface area contributed by atoms with E-state index in [2.05, 4.69) is 30.2 Å². The minimum atomic E-state index is -3.57. The summed E-state index contributed by atoms with van der Waals surface area (Å²) in [7, 11) is -3.57. The Labute approximate surface area is 162 Å². The Morgan fingerprint density at radius 3 is 2.54 bits per heavy atom. The molecule has 3 aromatic rings. The second-order valence-electron chi connectivity index (χ2n) is 6.37. The number of sulfonamides is 1. The molecule has 0 aliphatic carbocycles. The summed E-state index contributed by atoms with van der Waals surface area (Å²) in [6.45, 7) is 3.73. The van der Waals surface area contributed by atoms with Crippen LogP contribution < -0.4 is 10.2 Å². The van der Waals surface area contributed by atoms with E-state index < -0.39 is 10.0 Å². The smallest absolute Gasteiger partial charge is 0.248 e. The number of aromatic nitrogens is 4. The van der Waals surface area contributed by atoms with Crippen LogP contribution in [0.4, 0.5) is 17.5 Å². The molecule has 0 saturated carbocycles. The van der Waals surface area contributed by atoms with E-state index in [1.165, 1.54) is 10.5 Å². The van der Waals surface area contributed by atoms with E-state index in [1.807, 2.05) is 36.1 Å². The van der Waals surface area contributed by atoms with Crippen molar-refractivity contribution < 1.29 is 12.9 Å². The van der Waals surface area contributed by atoms with Gasteiger partial charge in [-0.15, -0.1) is 10.2 Å². The molecule has 0 unspecified atom stereocenters. The van der Waals surface area contributed by atoms with Crippen LogP contribution in [0.1, 0.15) is 5.56 Å². The van der Waals surface area contributed by atoms with Gasteiger partial charge in [-0.2, -0.15) is 4.31 Å². The third-order valence-electron chi connectivity index (χ3n) is 4.43. The zero-order chi connectivity index (χ0) is 19.6. The second-order valence-corrected chi connectivity index (χ2v) is 8.31. The summed E-state index contributed by atoms with van der Waals surface area (Å²) in [5.41, 5.74) is 1.10. The van der Waals surface area contributed by atoms with Crippen molar-refractivity contribution in [1.29, 1.82) is 0 Å². The number of hydrogen-bond donors (Lipinski definition) is 1.